The maximum absolute atomic E-state index is 12.2. The highest BCUT2D eigenvalue weighted by molar-refractivity contribution is 7.99. The van der Waals surface area contributed by atoms with Gasteiger partial charge in [-0.2, -0.15) is 9.36 Å². The van der Waals surface area contributed by atoms with Crippen LogP contribution in [0.1, 0.15) is 13.3 Å². The van der Waals surface area contributed by atoms with Crippen LogP contribution in [0.15, 0.2) is 35.5 Å². The fourth-order valence-electron chi connectivity index (χ4n) is 2.68. The molecule has 3 rings (SSSR count). The van der Waals surface area contributed by atoms with Crippen LogP contribution in [0.25, 0.3) is 0 Å². The quantitative estimate of drug-likeness (QED) is 0.749. The molecule has 0 saturated carbocycles. The van der Waals surface area contributed by atoms with Crippen LogP contribution in [0.5, 0.6) is 0 Å². The van der Waals surface area contributed by atoms with E-state index in [0.29, 0.717) is 11.7 Å². The van der Waals surface area contributed by atoms with Crippen LogP contribution >= 0.6 is 23.3 Å². The normalized spacial score (nSPS) is 15.3. The lowest BCUT2D eigenvalue weighted by atomic mass is 10.2. The van der Waals surface area contributed by atoms with Gasteiger partial charge in [0.15, 0.2) is 0 Å². The number of hydrogen-bond acceptors (Lipinski definition) is 7. The zero-order chi connectivity index (χ0) is 17.5. The summed E-state index contributed by atoms with van der Waals surface area (Å²) in [7, 11) is 0. The molecule has 134 valence electrons. The number of piperazine rings is 1. The molecule has 0 aliphatic carbocycles. The molecule has 1 aromatic heterocycles. The fourth-order valence-corrected chi connectivity index (χ4v) is 4.09. The van der Waals surface area contributed by atoms with Crippen LogP contribution in [0.2, 0.25) is 0 Å². The highest BCUT2D eigenvalue weighted by Gasteiger charge is 2.19. The van der Waals surface area contributed by atoms with Crippen LogP contribution in [0, 0.1) is 0 Å². The molecule has 1 aliphatic rings. The number of rotatable bonds is 7. The molecule has 1 N–H and O–H groups in total. The molecule has 2 heterocycles. The Kier molecular flexibility index (Phi) is 6.66. The van der Waals surface area contributed by atoms with E-state index in [2.05, 4.69) is 55.7 Å². The second-order valence-electron chi connectivity index (χ2n) is 5.88. The molecule has 0 radical (unpaired) electrons. The van der Waals surface area contributed by atoms with Gasteiger partial charge in [-0.05, 0) is 18.6 Å². The van der Waals surface area contributed by atoms with Crippen molar-refractivity contribution in [1.82, 2.24) is 14.3 Å². The standard InChI is InChI=1S/C17H23N5OS2/c1-2-12-24-17-19-16(25-20-17)18-15(23)13-21-8-10-22(11-9-21)14-6-4-3-5-7-14/h3-7H,2,8-13H2,1H3,(H,18,19,20,23). The third kappa shape index (κ3) is 5.42. The van der Waals surface area contributed by atoms with Crippen molar-refractivity contribution in [1.29, 1.82) is 0 Å². The van der Waals surface area contributed by atoms with Crippen LogP contribution < -0.4 is 10.2 Å². The lowest BCUT2D eigenvalue weighted by Crippen LogP contribution is -2.48. The molecule has 0 unspecified atom stereocenters. The maximum Gasteiger partial charge on any atom is 0.240 e. The minimum Gasteiger partial charge on any atom is -0.369 e. The number of nitrogens with zero attached hydrogens (tertiary/aromatic N) is 4. The van der Waals surface area contributed by atoms with E-state index in [4.69, 9.17) is 0 Å². The summed E-state index contributed by atoms with van der Waals surface area (Å²) in [6.45, 7) is 6.17. The largest absolute Gasteiger partial charge is 0.369 e. The number of amides is 1. The predicted octanol–water partition coefficient (Wildman–Crippen LogP) is 2.80. The lowest BCUT2D eigenvalue weighted by Gasteiger charge is -2.35. The predicted molar refractivity (Wildman–Crippen MR) is 105 cm³/mol. The smallest absolute Gasteiger partial charge is 0.240 e. The van der Waals surface area contributed by atoms with E-state index in [9.17, 15) is 4.79 Å². The number of thioether (sulfide) groups is 1. The summed E-state index contributed by atoms with van der Waals surface area (Å²) in [4.78, 5) is 21.1. The monoisotopic (exact) mass is 377 g/mol. The molecule has 8 heteroatoms. The average Bonchev–Trinajstić information content (AvgIpc) is 3.08. The fraction of sp³-hybridized carbons (Fsp3) is 0.471. The van der Waals surface area contributed by atoms with Crippen molar-refractivity contribution in [2.24, 2.45) is 0 Å². The molecule has 2 aromatic rings. The first-order valence-corrected chi connectivity index (χ1v) is 10.3. The number of benzene rings is 1. The number of nitrogens with one attached hydrogen (secondary N) is 1. The summed E-state index contributed by atoms with van der Waals surface area (Å²) in [5.41, 5.74) is 1.25. The van der Waals surface area contributed by atoms with E-state index in [1.807, 2.05) is 6.07 Å². The number of anilines is 2. The second kappa shape index (κ2) is 9.17. The van der Waals surface area contributed by atoms with Crippen LogP contribution in [-0.4, -0.2) is 58.6 Å². The Morgan fingerprint density at radius 3 is 2.72 bits per heavy atom. The third-order valence-electron chi connectivity index (χ3n) is 3.95. The Morgan fingerprint density at radius 2 is 2.00 bits per heavy atom. The van der Waals surface area contributed by atoms with Crippen molar-refractivity contribution in [2.75, 3.05) is 48.7 Å². The molecular formula is C17H23N5OS2. The van der Waals surface area contributed by atoms with E-state index < -0.39 is 0 Å². The Balaban J connectivity index is 1.42. The summed E-state index contributed by atoms with van der Waals surface area (Å²) in [5, 5.41) is 4.20. The Labute approximate surface area is 156 Å². The molecule has 1 amide bonds. The number of para-hydroxylation sites is 1. The van der Waals surface area contributed by atoms with Gasteiger partial charge in [0.2, 0.25) is 16.2 Å². The van der Waals surface area contributed by atoms with Gasteiger partial charge in [-0.15, -0.1) is 0 Å². The van der Waals surface area contributed by atoms with Crippen molar-refractivity contribution in [3.63, 3.8) is 0 Å². The molecule has 0 bridgehead atoms. The minimum atomic E-state index is -0.0173. The highest BCUT2D eigenvalue weighted by atomic mass is 32.2. The van der Waals surface area contributed by atoms with Gasteiger partial charge in [-0.1, -0.05) is 36.9 Å². The molecule has 1 aliphatic heterocycles. The zero-order valence-electron chi connectivity index (χ0n) is 14.4. The van der Waals surface area contributed by atoms with Gasteiger partial charge in [0, 0.05) is 49.2 Å². The van der Waals surface area contributed by atoms with Gasteiger partial charge in [-0.25, -0.2) is 0 Å². The molecule has 1 aromatic carbocycles. The van der Waals surface area contributed by atoms with Crippen molar-refractivity contribution < 1.29 is 4.79 Å². The van der Waals surface area contributed by atoms with Crippen molar-refractivity contribution >= 4 is 40.0 Å². The summed E-state index contributed by atoms with van der Waals surface area (Å²) >= 11 is 2.87. The van der Waals surface area contributed by atoms with E-state index >= 15 is 0 Å². The van der Waals surface area contributed by atoms with Crippen molar-refractivity contribution in [3.05, 3.63) is 30.3 Å². The van der Waals surface area contributed by atoms with E-state index in [1.165, 1.54) is 17.2 Å². The Bertz CT molecular complexity index is 671. The molecule has 25 heavy (non-hydrogen) atoms. The number of carbonyl (C=O) groups is 1. The van der Waals surface area contributed by atoms with Crippen molar-refractivity contribution in [2.45, 2.75) is 18.5 Å². The zero-order valence-corrected chi connectivity index (χ0v) is 16.0. The van der Waals surface area contributed by atoms with Crippen LogP contribution in [0.3, 0.4) is 0 Å². The molecular weight excluding hydrogens is 354 g/mol. The molecule has 6 nitrogen and oxygen atoms in total. The second-order valence-corrected chi connectivity index (χ2v) is 7.69. The summed E-state index contributed by atoms with van der Waals surface area (Å²) in [6.07, 6.45) is 1.08. The molecule has 1 saturated heterocycles. The SMILES string of the molecule is CCCSc1nsc(NC(=O)CN2CCN(c3ccccc3)CC2)n1. The highest BCUT2D eigenvalue weighted by Crippen LogP contribution is 2.20. The van der Waals surface area contributed by atoms with Gasteiger partial charge in [0.25, 0.3) is 0 Å². The van der Waals surface area contributed by atoms with Gasteiger partial charge in [0.05, 0.1) is 6.54 Å². The van der Waals surface area contributed by atoms with E-state index in [1.54, 1.807) is 11.8 Å². The first kappa shape index (κ1) is 18.2. The topological polar surface area (TPSA) is 61.4 Å². The van der Waals surface area contributed by atoms with Crippen molar-refractivity contribution in [3.8, 4) is 0 Å². The summed E-state index contributed by atoms with van der Waals surface area (Å²) in [5.74, 6) is 0.979. The first-order chi connectivity index (χ1) is 12.2. The third-order valence-corrected chi connectivity index (χ3v) is 5.75. The summed E-state index contributed by atoms with van der Waals surface area (Å²) < 4.78 is 4.26. The van der Waals surface area contributed by atoms with Gasteiger partial charge in [-0.3, -0.25) is 15.0 Å². The number of hydrogen-bond donors (Lipinski definition) is 1. The summed E-state index contributed by atoms with van der Waals surface area (Å²) in [6, 6.07) is 10.4. The molecule has 0 atom stereocenters. The molecule has 0 spiro atoms. The van der Waals surface area contributed by atoms with Gasteiger partial charge < -0.3 is 4.90 Å². The van der Waals surface area contributed by atoms with Crippen LogP contribution in [-0.2, 0) is 4.79 Å². The van der Waals surface area contributed by atoms with E-state index in [0.717, 1.165) is 43.5 Å². The minimum absolute atomic E-state index is 0.0173. The average molecular weight is 378 g/mol. The molecule has 1 fully saturated rings. The lowest BCUT2D eigenvalue weighted by molar-refractivity contribution is -0.117. The van der Waals surface area contributed by atoms with Gasteiger partial charge in [0.1, 0.15) is 0 Å². The van der Waals surface area contributed by atoms with Gasteiger partial charge >= 0.3 is 0 Å². The number of carbonyl (C=O) groups excluding carboxylic acids is 1. The van der Waals surface area contributed by atoms with E-state index in [-0.39, 0.29) is 5.91 Å². The number of aromatic nitrogens is 2. The Morgan fingerprint density at radius 1 is 1.24 bits per heavy atom. The van der Waals surface area contributed by atoms with Crippen LogP contribution in [0.4, 0.5) is 10.8 Å². The Hall–Kier alpha value is -1.64. The maximum atomic E-state index is 12.2. The first-order valence-electron chi connectivity index (χ1n) is 8.53.